The van der Waals surface area contributed by atoms with E-state index in [1.54, 1.807) is 24.3 Å². The summed E-state index contributed by atoms with van der Waals surface area (Å²) in [5.74, 6) is -3.48. The molecule has 1 aliphatic heterocycles. The number of alkyl halides is 3. The number of carbonyl (C=O) groups excluding carboxylic acids is 2. The van der Waals surface area contributed by atoms with E-state index in [-0.39, 0.29) is 23.2 Å². The van der Waals surface area contributed by atoms with Crippen molar-refractivity contribution in [3.05, 3.63) is 48.0 Å². The third kappa shape index (κ3) is 7.67. The zero-order valence-electron chi connectivity index (χ0n) is 20.9. The Hall–Kier alpha value is -4.17. The number of halogens is 3. The highest BCUT2D eigenvalue weighted by Crippen LogP contribution is 2.29. The summed E-state index contributed by atoms with van der Waals surface area (Å²) in [7, 11) is 1.28. The van der Waals surface area contributed by atoms with E-state index in [9.17, 15) is 22.8 Å². The van der Waals surface area contributed by atoms with Crippen molar-refractivity contribution in [3.63, 3.8) is 0 Å². The number of anilines is 2. The summed E-state index contributed by atoms with van der Waals surface area (Å²) in [6.45, 7) is 4.95. The first kappa shape index (κ1) is 27.9. The highest BCUT2D eigenvalue weighted by molar-refractivity contribution is 6.06. The Bertz CT molecular complexity index is 1280. The predicted molar refractivity (Wildman–Crippen MR) is 133 cm³/mol. The number of morpholine rings is 1. The maximum absolute atomic E-state index is 12.8. The topological polar surface area (TPSA) is 128 Å². The second-order valence-electron chi connectivity index (χ2n) is 8.43. The molecule has 2 aromatic carbocycles. The molecule has 1 fully saturated rings. The minimum Gasteiger partial charge on any atom is -0.497 e. The quantitative estimate of drug-likeness (QED) is 0.220. The number of hydrogen-bond acceptors (Lipinski definition) is 10. The molecule has 0 atom stereocenters. The molecule has 0 saturated carbocycles. The number of ether oxygens (including phenoxy) is 3. The van der Waals surface area contributed by atoms with Gasteiger partial charge in [0.05, 0.1) is 25.9 Å². The molecular formula is C25H26F3N5O6. The normalized spacial score (nSPS) is 14.1. The fourth-order valence-electron chi connectivity index (χ4n) is 3.69. The van der Waals surface area contributed by atoms with Crippen LogP contribution in [0, 0.1) is 0 Å². The molecule has 208 valence electrons. The van der Waals surface area contributed by atoms with Gasteiger partial charge in [0.2, 0.25) is 5.89 Å². The lowest BCUT2D eigenvalue weighted by atomic mass is 10.1. The van der Waals surface area contributed by atoms with Gasteiger partial charge in [-0.15, -0.1) is 5.10 Å². The standard InChI is InChI=1S/C25H26F3N5O6/c1-36-18-7-8-19(20(15-18)38-23(35)25(26,27)28)21(34)30-17-5-3-16(4-6-17)22-31-32-24(39-22)29-9-2-10-33-11-13-37-14-12-33/h3-8,15H,2,9-14H2,1H3,(H,29,32)(H,30,34). The van der Waals surface area contributed by atoms with Gasteiger partial charge >= 0.3 is 18.2 Å². The van der Waals surface area contributed by atoms with E-state index in [1.807, 2.05) is 0 Å². The molecule has 0 aliphatic carbocycles. The lowest BCUT2D eigenvalue weighted by Crippen LogP contribution is -2.37. The van der Waals surface area contributed by atoms with Gasteiger partial charge in [0.15, 0.2) is 0 Å². The lowest BCUT2D eigenvalue weighted by Gasteiger charge is -2.26. The van der Waals surface area contributed by atoms with Gasteiger partial charge in [-0.25, -0.2) is 4.79 Å². The molecule has 1 saturated heterocycles. The lowest BCUT2D eigenvalue weighted by molar-refractivity contribution is -0.189. The number of hydrogen-bond donors (Lipinski definition) is 2. The summed E-state index contributed by atoms with van der Waals surface area (Å²) in [6.07, 6.45) is -4.34. The Morgan fingerprint density at radius 1 is 1.08 bits per heavy atom. The maximum atomic E-state index is 12.8. The summed E-state index contributed by atoms with van der Waals surface area (Å²) in [5, 5.41) is 13.7. The van der Waals surface area contributed by atoms with Gasteiger partial charge in [0.25, 0.3) is 5.91 Å². The van der Waals surface area contributed by atoms with Crippen molar-refractivity contribution in [3.8, 4) is 23.0 Å². The number of carbonyl (C=O) groups is 2. The fourth-order valence-corrected chi connectivity index (χ4v) is 3.69. The maximum Gasteiger partial charge on any atom is 0.491 e. The molecule has 0 radical (unpaired) electrons. The number of nitrogens with one attached hydrogen (secondary N) is 2. The van der Waals surface area contributed by atoms with E-state index in [1.165, 1.54) is 19.2 Å². The molecule has 3 aromatic rings. The van der Waals surface area contributed by atoms with Crippen LogP contribution in [0.25, 0.3) is 11.5 Å². The van der Waals surface area contributed by atoms with Crippen molar-refractivity contribution < 1.29 is 41.4 Å². The third-order valence-electron chi connectivity index (χ3n) is 5.71. The molecule has 1 amide bonds. The summed E-state index contributed by atoms with van der Waals surface area (Å²) in [4.78, 5) is 26.4. The van der Waals surface area contributed by atoms with E-state index < -0.39 is 23.8 Å². The molecule has 1 aliphatic rings. The molecule has 0 bridgehead atoms. The van der Waals surface area contributed by atoms with Crippen molar-refractivity contribution in [2.75, 3.05) is 57.1 Å². The van der Waals surface area contributed by atoms with Crippen molar-refractivity contribution in [1.82, 2.24) is 15.1 Å². The average molecular weight is 550 g/mol. The molecular weight excluding hydrogens is 523 g/mol. The van der Waals surface area contributed by atoms with Gasteiger partial charge in [-0.05, 0) is 49.4 Å². The average Bonchev–Trinajstić information content (AvgIpc) is 3.40. The summed E-state index contributed by atoms with van der Waals surface area (Å²) < 4.78 is 58.4. The molecule has 4 rings (SSSR count). The first-order valence-corrected chi connectivity index (χ1v) is 12.0. The Morgan fingerprint density at radius 3 is 2.51 bits per heavy atom. The number of methoxy groups -OCH3 is 1. The van der Waals surface area contributed by atoms with Crippen LogP contribution in [0.5, 0.6) is 11.5 Å². The van der Waals surface area contributed by atoms with Crippen LogP contribution in [0.15, 0.2) is 46.9 Å². The van der Waals surface area contributed by atoms with Crippen LogP contribution in [0.3, 0.4) is 0 Å². The van der Waals surface area contributed by atoms with Crippen LogP contribution in [-0.2, 0) is 9.53 Å². The Balaban J connectivity index is 1.34. The van der Waals surface area contributed by atoms with E-state index in [0.717, 1.165) is 45.3 Å². The molecule has 14 heteroatoms. The summed E-state index contributed by atoms with van der Waals surface area (Å²) in [5.41, 5.74) is 0.624. The SMILES string of the molecule is COc1ccc(C(=O)Nc2ccc(-c3nnc(NCCCN4CCOCC4)o3)cc2)c(OC(=O)C(F)(F)F)c1. The van der Waals surface area contributed by atoms with Crippen molar-refractivity contribution in [1.29, 1.82) is 0 Å². The highest BCUT2D eigenvalue weighted by atomic mass is 19.4. The summed E-state index contributed by atoms with van der Waals surface area (Å²) in [6, 6.07) is 10.2. The second-order valence-corrected chi connectivity index (χ2v) is 8.43. The zero-order valence-corrected chi connectivity index (χ0v) is 20.9. The zero-order chi connectivity index (χ0) is 27.8. The number of nitrogens with zero attached hydrogens (tertiary/aromatic N) is 3. The fraction of sp³-hybridized carbons (Fsp3) is 0.360. The van der Waals surface area contributed by atoms with Crippen LogP contribution in [0.1, 0.15) is 16.8 Å². The number of amides is 1. The van der Waals surface area contributed by atoms with Gasteiger partial charge in [0, 0.05) is 37.0 Å². The third-order valence-corrected chi connectivity index (χ3v) is 5.71. The Kier molecular flexibility index (Phi) is 8.99. The minimum atomic E-state index is -5.24. The number of rotatable bonds is 10. The first-order chi connectivity index (χ1) is 18.7. The minimum absolute atomic E-state index is 0.103. The first-order valence-electron chi connectivity index (χ1n) is 12.0. The second kappa shape index (κ2) is 12.6. The molecule has 11 nitrogen and oxygen atoms in total. The predicted octanol–water partition coefficient (Wildman–Crippen LogP) is 3.60. The summed E-state index contributed by atoms with van der Waals surface area (Å²) >= 11 is 0. The van der Waals surface area contributed by atoms with Gasteiger partial charge in [-0.3, -0.25) is 9.69 Å². The van der Waals surface area contributed by atoms with Crippen LogP contribution in [0.4, 0.5) is 24.9 Å². The molecule has 2 heterocycles. The van der Waals surface area contributed by atoms with Crippen LogP contribution < -0.4 is 20.1 Å². The van der Waals surface area contributed by atoms with E-state index in [4.69, 9.17) is 13.9 Å². The number of benzene rings is 2. The number of esters is 1. The monoisotopic (exact) mass is 549 g/mol. The van der Waals surface area contributed by atoms with Gasteiger partial charge in [-0.1, -0.05) is 5.10 Å². The largest absolute Gasteiger partial charge is 0.497 e. The van der Waals surface area contributed by atoms with Crippen molar-refractivity contribution in [2.45, 2.75) is 12.6 Å². The molecule has 0 spiro atoms. The smallest absolute Gasteiger partial charge is 0.491 e. The van der Waals surface area contributed by atoms with E-state index in [0.29, 0.717) is 17.8 Å². The highest BCUT2D eigenvalue weighted by Gasteiger charge is 2.42. The Morgan fingerprint density at radius 2 is 1.82 bits per heavy atom. The van der Waals surface area contributed by atoms with E-state index >= 15 is 0 Å². The van der Waals surface area contributed by atoms with Crippen LogP contribution in [0.2, 0.25) is 0 Å². The molecule has 0 unspecified atom stereocenters. The van der Waals surface area contributed by atoms with Crippen LogP contribution >= 0.6 is 0 Å². The van der Waals surface area contributed by atoms with Crippen molar-refractivity contribution >= 4 is 23.6 Å². The molecule has 39 heavy (non-hydrogen) atoms. The van der Waals surface area contributed by atoms with Crippen LogP contribution in [-0.4, -0.2) is 79.7 Å². The molecule has 1 aromatic heterocycles. The molecule has 2 N–H and O–H groups in total. The number of aromatic nitrogens is 2. The van der Waals surface area contributed by atoms with E-state index in [2.05, 4.69) is 30.5 Å². The van der Waals surface area contributed by atoms with Gasteiger partial charge in [-0.2, -0.15) is 13.2 Å². The van der Waals surface area contributed by atoms with Gasteiger partial charge < -0.3 is 29.3 Å². The van der Waals surface area contributed by atoms with Gasteiger partial charge in [0.1, 0.15) is 11.5 Å². The Labute approximate surface area is 221 Å². The van der Waals surface area contributed by atoms with Crippen molar-refractivity contribution in [2.24, 2.45) is 0 Å².